The van der Waals surface area contributed by atoms with Gasteiger partial charge in [0.1, 0.15) is 0 Å². The van der Waals surface area contributed by atoms with Gasteiger partial charge in [-0.05, 0) is 18.6 Å². The van der Waals surface area contributed by atoms with Crippen molar-refractivity contribution in [3.63, 3.8) is 0 Å². The van der Waals surface area contributed by atoms with Crippen molar-refractivity contribution in [3.8, 4) is 0 Å². The predicted molar refractivity (Wildman–Crippen MR) is 72.8 cm³/mol. The molecule has 0 spiro atoms. The van der Waals surface area contributed by atoms with Crippen LogP contribution in [0.4, 0.5) is 5.69 Å². The summed E-state index contributed by atoms with van der Waals surface area (Å²) in [7, 11) is -3.34. The fraction of sp³-hybridized carbons (Fsp3) is 0.417. The number of sulfone groups is 1. The van der Waals surface area contributed by atoms with E-state index in [-0.39, 0.29) is 23.0 Å². The first kappa shape index (κ1) is 15.0. The minimum Gasteiger partial charge on any atom is -0.325 e. The number of para-hydroxylation sites is 1. The van der Waals surface area contributed by atoms with Crippen molar-refractivity contribution in [3.05, 3.63) is 24.3 Å². The third-order valence-electron chi connectivity index (χ3n) is 2.41. The molecule has 0 aromatic heterocycles. The maximum absolute atomic E-state index is 11.8. The molecule has 0 heterocycles. The van der Waals surface area contributed by atoms with Gasteiger partial charge in [0.05, 0.1) is 16.3 Å². The summed E-state index contributed by atoms with van der Waals surface area (Å²) >= 11 is 5.50. The van der Waals surface area contributed by atoms with Crippen LogP contribution < -0.4 is 5.32 Å². The number of benzene rings is 1. The zero-order valence-corrected chi connectivity index (χ0v) is 11.7. The number of carbonyl (C=O) groups is 1. The second-order valence-corrected chi connectivity index (χ2v) is 6.36. The molecule has 100 valence electrons. The summed E-state index contributed by atoms with van der Waals surface area (Å²) in [4.78, 5) is 11.7. The Morgan fingerprint density at radius 3 is 2.61 bits per heavy atom. The second kappa shape index (κ2) is 6.75. The van der Waals surface area contributed by atoms with Crippen molar-refractivity contribution in [1.82, 2.24) is 0 Å². The SMILES string of the molecule is CCS(=O)(=O)c1ccccc1NC(=O)CCCCl. The van der Waals surface area contributed by atoms with E-state index in [4.69, 9.17) is 11.6 Å². The van der Waals surface area contributed by atoms with E-state index in [2.05, 4.69) is 5.32 Å². The Balaban J connectivity index is 2.93. The van der Waals surface area contributed by atoms with Crippen LogP contribution in [0, 0.1) is 0 Å². The van der Waals surface area contributed by atoms with Crippen LogP contribution in [0.15, 0.2) is 29.2 Å². The lowest BCUT2D eigenvalue weighted by atomic mass is 10.3. The molecule has 1 amide bonds. The van der Waals surface area contributed by atoms with Crippen molar-refractivity contribution < 1.29 is 13.2 Å². The van der Waals surface area contributed by atoms with E-state index in [1.807, 2.05) is 0 Å². The lowest BCUT2D eigenvalue weighted by Crippen LogP contribution is -2.15. The Morgan fingerprint density at radius 1 is 1.33 bits per heavy atom. The van der Waals surface area contributed by atoms with Gasteiger partial charge in [0.2, 0.25) is 5.91 Å². The highest BCUT2D eigenvalue weighted by Crippen LogP contribution is 2.22. The van der Waals surface area contributed by atoms with Gasteiger partial charge in [-0.15, -0.1) is 11.6 Å². The molecule has 1 rings (SSSR count). The number of nitrogens with one attached hydrogen (secondary N) is 1. The van der Waals surface area contributed by atoms with Crippen LogP contribution >= 0.6 is 11.6 Å². The van der Waals surface area contributed by atoms with Gasteiger partial charge in [-0.1, -0.05) is 19.1 Å². The first-order chi connectivity index (χ1) is 8.51. The highest BCUT2D eigenvalue weighted by molar-refractivity contribution is 7.91. The van der Waals surface area contributed by atoms with Crippen molar-refractivity contribution in [2.45, 2.75) is 24.7 Å². The van der Waals surface area contributed by atoms with Crippen molar-refractivity contribution >= 4 is 33.0 Å². The third kappa shape index (κ3) is 3.99. The van der Waals surface area contributed by atoms with Crippen LogP contribution in [-0.2, 0) is 14.6 Å². The molecule has 0 bridgehead atoms. The quantitative estimate of drug-likeness (QED) is 0.818. The molecule has 18 heavy (non-hydrogen) atoms. The molecular weight excluding hydrogens is 274 g/mol. The number of alkyl halides is 1. The minimum absolute atomic E-state index is 0.00155. The Bertz CT molecular complexity index is 514. The van der Waals surface area contributed by atoms with Crippen LogP contribution in [-0.4, -0.2) is 26.0 Å². The highest BCUT2D eigenvalue weighted by Gasteiger charge is 2.17. The Morgan fingerprint density at radius 2 is 2.00 bits per heavy atom. The molecule has 0 aliphatic carbocycles. The molecular formula is C12H16ClNO3S. The van der Waals surface area contributed by atoms with Gasteiger partial charge >= 0.3 is 0 Å². The van der Waals surface area contributed by atoms with Gasteiger partial charge < -0.3 is 5.32 Å². The maximum Gasteiger partial charge on any atom is 0.224 e. The molecule has 0 atom stereocenters. The molecule has 0 aliphatic rings. The van der Waals surface area contributed by atoms with E-state index in [1.165, 1.54) is 6.07 Å². The number of hydrogen-bond acceptors (Lipinski definition) is 3. The molecule has 6 heteroatoms. The van der Waals surface area contributed by atoms with Gasteiger partial charge in [0, 0.05) is 12.3 Å². The first-order valence-electron chi connectivity index (χ1n) is 5.69. The molecule has 0 aliphatic heterocycles. The molecule has 0 radical (unpaired) electrons. The maximum atomic E-state index is 11.8. The molecule has 4 nitrogen and oxygen atoms in total. The molecule has 1 aromatic rings. The topological polar surface area (TPSA) is 63.2 Å². The lowest BCUT2D eigenvalue weighted by molar-refractivity contribution is -0.116. The lowest BCUT2D eigenvalue weighted by Gasteiger charge is -2.10. The van der Waals surface area contributed by atoms with Gasteiger partial charge in [-0.2, -0.15) is 0 Å². The van der Waals surface area contributed by atoms with Gasteiger partial charge in [0.25, 0.3) is 0 Å². The van der Waals surface area contributed by atoms with Gasteiger partial charge in [-0.25, -0.2) is 8.42 Å². The van der Waals surface area contributed by atoms with Crippen molar-refractivity contribution in [2.24, 2.45) is 0 Å². The van der Waals surface area contributed by atoms with Crippen molar-refractivity contribution in [1.29, 1.82) is 0 Å². The number of anilines is 1. The number of amides is 1. The summed E-state index contributed by atoms with van der Waals surface area (Å²) < 4.78 is 23.7. The molecule has 0 fully saturated rings. The van der Waals surface area contributed by atoms with E-state index < -0.39 is 9.84 Å². The fourth-order valence-corrected chi connectivity index (χ4v) is 2.62. The number of hydrogen-bond donors (Lipinski definition) is 1. The predicted octanol–water partition coefficient (Wildman–Crippen LogP) is 2.44. The molecule has 0 saturated heterocycles. The molecule has 0 unspecified atom stereocenters. The van der Waals surface area contributed by atoms with E-state index in [0.29, 0.717) is 18.0 Å². The van der Waals surface area contributed by atoms with Crippen LogP contribution in [0.2, 0.25) is 0 Å². The van der Waals surface area contributed by atoms with E-state index in [1.54, 1.807) is 25.1 Å². The second-order valence-electron chi connectivity index (χ2n) is 3.74. The summed E-state index contributed by atoms with van der Waals surface area (Å²) in [5.41, 5.74) is 0.332. The Labute approximate surface area is 112 Å². The minimum atomic E-state index is -3.34. The van der Waals surface area contributed by atoms with Crippen molar-refractivity contribution in [2.75, 3.05) is 16.9 Å². The van der Waals surface area contributed by atoms with E-state index >= 15 is 0 Å². The Kier molecular flexibility index (Phi) is 5.62. The Hall–Kier alpha value is -1.07. The van der Waals surface area contributed by atoms with Crippen LogP contribution in [0.3, 0.4) is 0 Å². The summed E-state index contributed by atoms with van der Waals surface area (Å²) in [6, 6.07) is 6.40. The smallest absolute Gasteiger partial charge is 0.224 e. The largest absolute Gasteiger partial charge is 0.325 e. The normalized spacial score (nSPS) is 11.2. The average Bonchev–Trinajstić information content (AvgIpc) is 2.37. The molecule has 1 N–H and O–H groups in total. The third-order valence-corrected chi connectivity index (χ3v) is 4.47. The standard InChI is InChI=1S/C12H16ClNO3S/c1-2-18(16,17)11-7-4-3-6-10(11)14-12(15)8-5-9-13/h3-4,6-7H,2,5,8-9H2,1H3,(H,14,15). The van der Waals surface area contributed by atoms with Crippen LogP contribution in [0.1, 0.15) is 19.8 Å². The highest BCUT2D eigenvalue weighted by atomic mass is 35.5. The number of carbonyl (C=O) groups excluding carboxylic acids is 1. The molecule has 0 saturated carbocycles. The van der Waals surface area contributed by atoms with Gasteiger partial charge in [0.15, 0.2) is 9.84 Å². The van der Waals surface area contributed by atoms with E-state index in [0.717, 1.165) is 0 Å². The number of rotatable bonds is 6. The van der Waals surface area contributed by atoms with Crippen LogP contribution in [0.25, 0.3) is 0 Å². The zero-order valence-electron chi connectivity index (χ0n) is 10.1. The summed E-state index contributed by atoms with van der Waals surface area (Å²) in [5.74, 6) is 0.179. The van der Waals surface area contributed by atoms with Crippen LogP contribution in [0.5, 0.6) is 0 Å². The first-order valence-corrected chi connectivity index (χ1v) is 7.87. The molecule has 1 aromatic carbocycles. The summed E-state index contributed by atoms with van der Waals surface area (Å²) in [5, 5.41) is 2.61. The fourth-order valence-electron chi connectivity index (χ4n) is 1.44. The number of halogens is 1. The average molecular weight is 290 g/mol. The van der Waals surface area contributed by atoms with E-state index in [9.17, 15) is 13.2 Å². The summed E-state index contributed by atoms with van der Waals surface area (Å²) in [6.45, 7) is 1.57. The zero-order chi connectivity index (χ0) is 13.6. The summed E-state index contributed by atoms with van der Waals surface area (Å²) in [6.07, 6.45) is 0.847. The monoisotopic (exact) mass is 289 g/mol. The van der Waals surface area contributed by atoms with Gasteiger partial charge in [-0.3, -0.25) is 4.79 Å².